The first-order chi connectivity index (χ1) is 10.1. The minimum Gasteiger partial charge on any atom is -0.383 e. The van der Waals surface area contributed by atoms with Crippen molar-refractivity contribution in [2.75, 3.05) is 5.73 Å². The van der Waals surface area contributed by atoms with Crippen LogP contribution in [0.3, 0.4) is 0 Å². The minimum absolute atomic E-state index is 0.541. The number of nitrogens with zero attached hydrogens (tertiary/aromatic N) is 2. The zero-order chi connectivity index (χ0) is 14.8. The van der Waals surface area contributed by atoms with Crippen LogP contribution in [0.4, 0.5) is 5.82 Å². The largest absolute Gasteiger partial charge is 0.383 e. The molecule has 0 aliphatic rings. The van der Waals surface area contributed by atoms with Crippen molar-refractivity contribution in [3.8, 4) is 11.3 Å². The number of rotatable bonds is 3. The van der Waals surface area contributed by atoms with Crippen molar-refractivity contribution in [1.82, 2.24) is 9.55 Å². The van der Waals surface area contributed by atoms with Gasteiger partial charge in [-0.05, 0) is 23.8 Å². The van der Waals surface area contributed by atoms with E-state index in [9.17, 15) is 0 Å². The van der Waals surface area contributed by atoms with E-state index in [-0.39, 0.29) is 0 Å². The van der Waals surface area contributed by atoms with Crippen molar-refractivity contribution < 1.29 is 0 Å². The van der Waals surface area contributed by atoms with Crippen LogP contribution in [-0.2, 0) is 6.54 Å². The van der Waals surface area contributed by atoms with Crippen molar-refractivity contribution in [2.24, 2.45) is 0 Å². The van der Waals surface area contributed by atoms with E-state index in [1.165, 1.54) is 0 Å². The van der Waals surface area contributed by atoms with Gasteiger partial charge in [0.1, 0.15) is 11.5 Å². The van der Waals surface area contributed by atoms with Gasteiger partial charge in [0.15, 0.2) is 0 Å². The Morgan fingerprint density at radius 2 is 1.81 bits per heavy atom. The molecule has 106 valence electrons. The van der Waals surface area contributed by atoms with Gasteiger partial charge in [-0.25, -0.2) is 4.98 Å². The molecule has 0 saturated carbocycles. The molecule has 3 rings (SSSR count). The summed E-state index contributed by atoms with van der Waals surface area (Å²) < 4.78 is 1.90. The first-order valence-electron chi connectivity index (χ1n) is 6.45. The Kier molecular flexibility index (Phi) is 3.86. The summed E-state index contributed by atoms with van der Waals surface area (Å²) in [6.45, 7) is 0.672. The number of halogens is 2. The van der Waals surface area contributed by atoms with Gasteiger partial charge >= 0.3 is 0 Å². The fourth-order valence-corrected chi connectivity index (χ4v) is 2.68. The fourth-order valence-electron chi connectivity index (χ4n) is 2.19. The van der Waals surface area contributed by atoms with E-state index in [1.54, 1.807) is 18.5 Å². The molecule has 0 amide bonds. The summed E-state index contributed by atoms with van der Waals surface area (Å²) in [5, 5.41) is 1.13. The summed E-state index contributed by atoms with van der Waals surface area (Å²) >= 11 is 12.1. The zero-order valence-electron chi connectivity index (χ0n) is 11.1. The first-order valence-corrected chi connectivity index (χ1v) is 7.20. The van der Waals surface area contributed by atoms with Crippen LogP contribution in [0.5, 0.6) is 0 Å². The molecule has 3 nitrogen and oxygen atoms in total. The highest BCUT2D eigenvalue weighted by molar-refractivity contribution is 6.36. The van der Waals surface area contributed by atoms with E-state index in [4.69, 9.17) is 28.9 Å². The first kappa shape index (κ1) is 14.0. The van der Waals surface area contributed by atoms with E-state index in [2.05, 4.69) is 4.98 Å². The summed E-state index contributed by atoms with van der Waals surface area (Å²) in [5.41, 5.74) is 8.82. The van der Waals surface area contributed by atoms with Crippen molar-refractivity contribution in [3.63, 3.8) is 0 Å². The van der Waals surface area contributed by atoms with Crippen LogP contribution in [0.25, 0.3) is 11.3 Å². The third-order valence-electron chi connectivity index (χ3n) is 3.26. The topological polar surface area (TPSA) is 43.8 Å². The molecule has 1 aromatic heterocycles. The zero-order valence-corrected chi connectivity index (χ0v) is 12.6. The van der Waals surface area contributed by atoms with E-state index in [0.29, 0.717) is 28.1 Å². The normalized spacial score (nSPS) is 10.8. The molecule has 3 aromatic rings. The van der Waals surface area contributed by atoms with Gasteiger partial charge in [-0.2, -0.15) is 0 Å². The standard InChI is InChI=1S/C16H13Cl2N3/c17-12-6-7-13(14(18)8-12)15-16(19)21(10-20-15)9-11-4-2-1-3-5-11/h1-8,10H,9,19H2. The molecule has 0 fully saturated rings. The summed E-state index contributed by atoms with van der Waals surface area (Å²) in [7, 11) is 0. The van der Waals surface area contributed by atoms with Crippen LogP contribution >= 0.6 is 23.2 Å². The Morgan fingerprint density at radius 1 is 1.05 bits per heavy atom. The van der Waals surface area contributed by atoms with E-state index < -0.39 is 0 Å². The molecule has 0 aliphatic heterocycles. The number of hydrogen-bond acceptors (Lipinski definition) is 2. The molecule has 0 bridgehead atoms. The molecule has 0 radical (unpaired) electrons. The third-order valence-corrected chi connectivity index (χ3v) is 3.81. The van der Waals surface area contributed by atoms with Gasteiger partial charge < -0.3 is 10.3 Å². The van der Waals surface area contributed by atoms with Crippen molar-refractivity contribution in [3.05, 3.63) is 70.5 Å². The van der Waals surface area contributed by atoms with Crippen LogP contribution in [0, 0.1) is 0 Å². The molecule has 21 heavy (non-hydrogen) atoms. The predicted molar refractivity (Wildman–Crippen MR) is 87.6 cm³/mol. The monoisotopic (exact) mass is 317 g/mol. The quantitative estimate of drug-likeness (QED) is 0.773. The van der Waals surface area contributed by atoms with Gasteiger partial charge in [0.2, 0.25) is 0 Å². The number of hydrogen-bond donors (Lipinski definition) is 1. The average molecular weight is 318 g/mol. The van der Waals surface area contributed by atoms with Gasteiger partial charge in [0.05, 0.1) is 17.9 Å². The molecule has 2 aromatic carbocycles. The van der Waals surface area contributed by atoms with Gasteiger partial charge in [0.25, 0.3) is 0 Å². The third kappa shape index (κ3) is 2.89. The molecular formula is C16H13Cl2N3. The highest BCUT2D eigenvalue weighted by Crippen LogP contribution is 2.32. The van der Waals surface area contributed by atoms with E-state index >= 15 is 0 Å². The number of aromatic nitrogens is 2. The molecule has 1 heterocycles. The molecule has 0 unspecified atom stereocenters. The maximum absolute atomic E-state index is 6.22. The van der Waals surface area contributed by atoms with Crippen molar-refractivity contribution in [2.45, 2.75) is 6.54 Å². The van der Waals surface area contributed by atoms with Gasteiger partial charge in [-0.15, -0.1) is 0 Å². The summed E-state index contributed by atoms with van der Waals surface area (Å²) in [6, 6.07) is 15.4. The second kappa shape index (κ2) is 5.80. The molecule has 0 atom stereocenters. The Hall–Kier alpha value is -1.97. The maximum atomic E-state index is 6.22. The Labute approximate surface area is 132 Å². The number of anilines is 1. The summed E-state index contributed by atoms with van der Waals surface area (Å²) in [4.78, 5) is 4.38. The molecule has 2 N–H and O–H groups in total. The number of benzene rings is 2. The molecule has 0 aliphatic carbocycles. The minimum atomic E-state index is 0.541. The lowest BCUT2D eigenvalue weighted by atomic mass is 10.1. The smallest absolute Gasteiger partial charge is 0.131 e. The Bertz CT molecular complexity index is 766. The Morgan fingerprint density at radius 3 is 2.52 bits per heavy atom. The Balaban J connectivity index is 1.96. The average Bonchev–Trinajstić information content (AvgIpc) is 2.82. The van der Waals surface area contributed by atoms with Crippen LogP contribution in [0.15, 0.2) is 54.9 Å². The van der Waals surface area contributed by atoms with Crippen molar-refractivity contribution in [1.29, 1.82) is 0 Å². The SMILES string of the molecule is Nc1c(-c2ccc(Cl)cc2Cl)ncn1Cc1ccccc1. The molecule has 0 spiro atoms. The molecule has 5 heteroatoms. The summed E-state index contributed by atoms with van der Waals surface area (Å²) in [5.74, 6) is 0.586. The van der Waals surface area contributed by atoms with Crippen LogP contribution < -0.4 is 5.73 Å². The number of imidazole rings is 1. The second-order valence-electron chi connectivity index (χ2n) is 4.72. The highest BCUT2D eigenvalue weighted by atomic mass is 35.5. The fraction of sp³-hybridized carbons (Fsp3) is 0.0625. The van der Waals surface area contributed by atoms with Gasteiger partial charge in [0, 0.05) is 10.6 Å². The van der Waals surface area contributed by atoms with E-state index in [0.717, 1.165) is 11.1 Å². The van der Waals surface area contributed by atoms with Crippen LogP contribution in [-0.4, -0.2) is 9.55 Å². The number of nitrogen functional groups attached to an aromatic ring is 1. The van der Waals surface area contributed by atoms with Gasteiger partial charge in [-0.3, -0.25) is 0 Å². The lowest BCUT2D eigenvalue weighted by Gasteiger charge is -2.07. The molecular weight excluding hydrogens is 305 g/mol. The number of nitrogens with two attached hydrogens (primary N) is 1. The van der Waals surface area contributed by atoms with Crippen molar-refractivity contribution >= 4 is 29.0 Å². The van der Waals surface area contributed by atoms with E-state index in [1.807, 2.05) is 41.0 Å². The van der Waals surface area contributed by atoms with Gasteiger partial charge in [-0.1, -0.05) is 53.5 Å². The maximum Gasteiger partial charge on any atom is 0.131 e. The molecule has 0 saturated heterocycles. The highest BCUT2D eigenvalue weighted by Gasteiger charge is 2.13. The predicted octanol–water partition coefficient (Wildman–Crippen LogP) is 4.49. The lowest BCUT2D eigenvalue weighted by Crippen LogP contribution is -2.03. The lowest BCUT2D eigenvalue weighted by molar-refractivity contribution is 0.808. The summed E-state index contributed by atoms with van der Waals surface area (Å²) in [6.07, 6.45) is 1.72. The van der Waals surface area contributed by atoms with Crippen LogP contribution in [0.2, 0.25) is 10.0 Å². The second-order valence-corrected chi connectivity index (χ2v) is 5.56. The van der Waals surface area contributed by atoms with Crippen LogP contribution in [0.1, 0.15) is 5.56 Å².